The van der Waals surface area contributed by atoms with Crippen LogP contribution in [0.4, 0.5) is 0 Å². The standard InChI is InChI=1S/C16H21N3O2/c1-5-12(15(20)13-10-8-9-11-18-13)14(17-4)16(21)19(6-2)7-3/h5,8-11H,6-7H2,1-4H3. The number of rotatable bonds is 6. The first-order valence-electron chi connectivity index (χ1n) is 6.99. The Bertz CT molecular complexity index is 558. The van der Waals surface area contributed by atoms with E-state index in [1.54, 1.807) is 42.3 Å². The average Bonchev–Trinajstić information content (AvgIpc) is 2.53. The molecule has 5 nitrogen and oxygen atoms in total. The van der Waals surface area contributed by atoms with Gasteiger partial charge in [0.05, 0.1) is 5.57 Å². The van der Waals surface area contributed by atoms with Crippen LogP contribution in [0.15, 0.2) is 41.0 Å². The molecule has 0 saturated carbocycles. The molecule has 5 heteroatoms. The maximum atomic E-state index is 12.5. The maximum absolute atomic E-state index is 12.5. The van der Waals surface area contributed by atoms with Gasteiger partial charge in [0.25, 0.3) is 5.91 Å². The molecule has 0 aromatic carbocycles. The number of Topliss-reactive ketones (excluding diaryl/α,β-unsaturated/α-hetero) is 1. The number of hydrogen-bond donors (Lipinski definition) is 0. The molecule has 1 heterocycles. The normalized spacial score (nSPS) is 12.2. The van der Waals surface area contributed by atoms with Crippen molar-refractivity contribution < 1.29 is 9.59 Å². The van der Waals surface area contributed by atoms with Gasteiger partial charge < -0.3 is 4.90 Å². The Labute approximate surface area is 125 Å². The Morgan fingerprint density at radius 3 is 2.38 bits per heavy atom. The molecule has 0 bridgehead atoms. The van der Waals surface area contributed by atoms with Gasteiger partial charge >= 0.3 is 0 Å². The fraction of sp³-hybridized carbons (Fsp3) is 0.375. The summed E-state index contributed by atoms with van der Waals surface area (Å²) in [6.45, 7) is 6.65. The Balaban J connectivity index is 3.14. The van der Waals surface area contributed by atoms with Crippen molar-refractivity contribution in [3.8, 4) is 0 Å². The lowest BCUT2D eigenvalue weighted by Crippen LogP contribution is -2.38. The molecule has 0 aliphatic rings. The van der Waals surface area contributed by atoms with E-state index in [4.69, 9.17) is 0 Å². The summed E-state index contributed by atoms with van der Waals surface area (Å²) in [5.41, 5.74) is 0.768. The largest absolute Gasteiger partial charge is 0.338 e. The number of aliphatic imine (C=N–C) groups is 1. The number of aromatic nitrogens is 1. The second kappa shape index (κ2) is 8.09. The second-order valence-electron chi connectivity index (χ2n) is 4.30. The van der Waals surface area contributed by atoms with Gasteiger partial charge in [-0.15, -0.1) is 0 Å². The highest BCUT2D eigenvalue weighted by Gasteiger charge is 2.25. The van der Waals surface area contributed by atoms with E-state index in [0.717, 1.165) is 0 Å². The smallest absolute Gasteiger partial charge is 0.272 e. The first-order chi connectivity index (χ1) is 10.1. The van der Waals surface area contributed by atoms with Crippen LogP contribution in [0, 0.1) is 0 Å². The number of amides is 1. The van der Waals surface area contributed by atoms with Gasteiger partial charge in [0.1, 0.15) is 11.4 Å². The maximum Gasteiger partial charge on any atom is 0.272 e. The Kier molecular flexibility index (Phi) is 6.46. The van der Waals surface area contributed by atoms with Crippen molar-refractivity contribution in [2.75, 3.05) is 20.1 Å². The summed E-state index contributed by atoms with van der Waals surface area (Å²) in [5, 5.41) is 0. The monoisotopic (exact) mass is 287 g/mol. The van der Waals surface area contributed by atoms with Gasteiger partial charge in [0.2, 0.25) is 5.78 Å². The zero-order valence-electron chi connectivity index (χ0n) is 13.0. The molecule has 112 valence electrons. The van der Waals surface area contributed by atoms with Crippen molar-refractivity contribution in [2.45, 2.75) is 20.8 Å². The molecule has 0 fully saturated rings. The van der Waals surface area contributed by atoms with E-state index >= 15 is 0 Å². The van der Waals surface area contributed by atoms with Crippen LogP contribution >= 0.6 is 0 Å². The topological polar surface area (TPSA) is 62.6 Å². The molecule has 0 aliphatic heterocycles. The van der Waals surface area contributed by atoms with E-state index in [9.17, 15) is 9.59 Å². The van der Waals surface area contributed by atoms with Crippen LogP contribution in [0.3, 0.4) is 0 Å². The number of pyridine rings is 1. The van der Waals surface area contributed by atoms with Gasteiger partial charge in [-0.2, -0.15) is 0 Å². The first kappa shape index (κ1) is 16.8. The van der Waals surface area contributed by atoms with Crippen molar-refractivity contribution in [3.05, 3.63) is 41.7 Å². The van der Waals surface area contributed by atoms with Gasteiger partial charge in [-0.25, -0.2) is 0 Å². The minimum Gasteiger partial charge on any atom is -0.338 e. The predicted molar refractivity (Wildman–Crippen MR) is 83.6 cm³/mol. The Morgan fingerprint density at radius 1 is 1.29 bits per heavy atom. The lowest BCUT2D eigenvalue weighted by atomic mass is 10.0. The molecule has 1 aromatic heterocycles. The average molecular weight is 287 g/mol. The van der Waals surface area contributed by atoms with Crippen LogP contribution < -0.4 is 0 Å². The summed E-state index contributed by atoms with van der Waals surface area (Å²) in [6.07, 6.45) is 3.16. The van der Waals surface area contributed by atoms with Crippen LogP contribution in [0.2, 0.25) is 0 Å². The van der Waals surface area contributed by atoms with Crippen molar-refractivity contribution in [2.24, 2.45) is 4.99 Å². The molecule has 1 aromatic rings. The summed E-state index contributed by atoms with van der Waals surface area (Å²) in [5.74, 6) is -0.529. The fourth-order valence-electron chi connectivity index (χ4n) is 2.00. The lowest BCUT2D eigenvalue weighted by Gasteiger charge is -2.20. The van der Waals surface area contributed by atoms with Crippen molar-refractivity contribution in [1.29, 1.82) is 0 Å². The lowest BCUT2D eigenvalue weighted by molar-refractivity contribution is -0.123. The van der Waals surface area contributed by atoms with Gasteiger partial charge in [0, 0.05) is 26.3 Å². The van der Waals surface area contributed by atoms with Gasteiger partial charge in [0.15, 0.2) is 0 Å². The minimum atomic E-state index is -0.292. The van der Waals surface area contributed by atoms with Crippen LogP contribution in [0.25, 0.3) is 0 Å². The van der Waals surface area contributed by atoms with Gasteiger partial charge in [-0.1, -0.05) is 12.1 Å². The summed E-state index contributed by atoms with van der Waals surface area (Å²) in [7, 11) is 1.52. The molecule has 0 atom stereocenters. The number of ketones is 1. The minimum absolute atomic E-state index is 0.178. The zero-order valence-corrected chi connectivity index (χ0v) is 13.0. The van der Waals surface area contributed by atoms with E-state index in [-0.39, 0.29) is 23.0 Å². The molecule has 21 heavy (non-hydrogen) atoms. The van der Waals surface area contributed by atoms with Crippen molar-refractivity contribution in [3.63, 3.8) is 0 Å². The van der Waals surface area contributed by atoms with Crippen LogP contribution in [0.1, 0.15) is 31.3 Å². The highest BCUT2D eigenvalue weighted by Crippen LogP contribution is 2.10. The van der Waals surface area contributed by atoms with Crippen LogP contribution in [0.5, 0.6) is 0 Å². The molecule has 0 spiro atoms. The van der Waals surface area contributed by atoms with E-state index < -0.39 is 0 Å². The van der Waals surface area contributed by atoms with E-state index in [1.165, 1.54) is 7.05 Å². The van der Waals surface area contributed by atoms with Gasteiger partial charge in [-0.3, -0.25) is 19.6 Å². The van der Waals surface area contributed by atoms with Crippen LogP contribution in [-0.2, 0) is 4.79 Å². The van der Waals surface area contributed by atoms with Crippen molar-refractivity contribution in [1.82, 2.24) is 9.88 Å². The molecule has 1 amide bonds. The third kappa shape index (κ3) is 3.84. The summed E-state index contributed by atoms with van der Waals surface area (Å²) in [4.78, 5) is 34.7. The molecule has 0 radical (unpaired) electrons. The highest BCUT2D eigenvalue weighted by atomic mass is 16.2. The second-order valence-corrected chi connectivity index (χ2v) is 4.30. The number of carbonyl (C=O) groups is 2. The van der Waals surface area contributed by atoms with E-state index in [2.05, 4.69) is 9.98 Å². The Morgan fingerprint density at radius 2 is 1.95 bits per heavy atom. The molecule has 0 saturated heterocycles. The molecule has 0 aliphatic carbocycles. The highest BCUT2D eigenvalue weighted by molar-refractivity contribution is 6.52. The third-order valence-corrected chi connectivity index (χ3v) is 3.16. The molecular formula is C16H21N3O2. The predicted octanol–water partition coefficient (Wildman–Crippen LogP) is 2.15. The van der Waals surface area contributed by atoms with E-state index in [1.807, 2.05) is 13.8 Å². The number of nitrogens with zero attached hydrogens (tertiary/aromatic N) is 3. The Hall–Kier alpha value is -2.30. The fourth-order valence-corrected chi connectivity index (χ4v) is 2.00. The number of carbonyl (C=O) groups excluding carboxylic acids is 2. The molecule has 0 N–H and O–H groups in total. The molecular weight excluding hydrogens is 266 g/mol. The van der Waals surface area contributed by atoms with Crippen LogP contribution in [-0.4, -0.2) is 47.4 Å². The third-order valence-electron chi connectivity index (χ3n) is 3.16. The first-order valence-corrected chi connectivity index (χ1v) is 6.99. The molecule has 1 rings (SSSR count). The SMILES string of the molecule is CC=C(C(=O)c1ccccn1)C(=NC)C(=O)N(CC)CC. The zero-order chi connectivity index (χ0) is 15.8. The summed E-state index contributed by atoms with van der Waals surface area (Å²) in [6, 6.07) is 5.10. The summed E-state index contributed by atoms with van der Waals surface area (Å²) < 4.78 is 0. The summed E-state index contributed by atoms with van der Waals surface area (Å²) >= 11 is 0. The number of allylic oxidation sites excluding steroid dienone is 1. The molecule has 0 unspecified atom stereocenters. The van der Waals surface area contributed by atoms with E-state index in [0.29, 0.717) is 18.8 Å². The number of hydrogen-bond acceptors (Lipinski definition) is 4. The quantitative estimate of drug-likeness (QED) is 0.457. The van der Waals surface area contributed by atoms with Gasteiger partial charge in [-0.05, 0) is 32.9 Å². The van der Waals surface area contributed by atoms with Crippen molar-refractivity contribution >= 4 is 17.4 Å².